The van der Waals surface area contributed by atoms with E-state index in [0.717, 1.165) is 23.5 Å². The van der Waals surface area contributed by atoms with Gasteiger partial charge in [-0.2, -0.15) is 0 Å². The highest BCUT2D eigenvalue weighted by molar-refractivity contribution is 5.52. The molecule has 0 N–H and O–H groups in total. The number of aryl methyl sites for hydroxylation is 1. The van der Waals surface area contributed by atoms with Crippen molar-refractivity contribution in [3.63, 3.8) is 0 Å². The first-order chi connectivity index (χ1) is 10.6. The summed E-state index contributed by atoms with van der Waals surface area (Å²) in [5, 5.41) is 0. The Morgan fingerprint density at radius 1 is 1.23 bits per heavy atom. The van der Waals surface area contributed by atoms with Crippen molar-refractivity contribution in [3.8, 4) is 11.4 Å². The molecule has 2 aromatic rings. The van der Waals surface area contributed by atoms with Crippen molar-refractivity contribution in [2.45, 2.75) is 39.2 Å². The van der Waals surface area contributed by atoms with E-state index in [-0.39, 0.29) is 0 Å². The van der Waals surface area contributed by atoms with Crippen LogP contribution >= 0.6 is 0 Å². The molecule has 1 aliphatic rings. The molecule has 1 atom stereocenters. The van der Waals surface area contributed by atoms with E-state index in [0.29, 0.717) is 12.0 Å². The van der Waals surface area contributed by atoms with E-state index in [1.807, 2.05) is 30.2 Å². The lowest BCUT2D eigenvalue weighted by atomic mass is 9.93. The van der Waals surface area contributed by atoms with Gasteiger partial charge in [0.05, 0.1) is 30.1 Å². The molecule has 0 aliphatic carbocycles. The molecule has 5 heteroatoms. The van der Waals surface area contributed by atoms with Crippen molar-refractivity contribution >= 4 is 0 Å². The third kappa shape index (κ3) is 3.35. The van der Waals surface area contributed by atoms with Gasteiger partial charge in [-0.1, -0.05) is 0 Å². The predicted molar refractivity (Wildman–Crippen MR) is 87.4 cm³/mol. The molecule has 3 rings (SSSR count). The van der Waals surface area contributed by atoms with E-state index in [1.165, 1.54) is 25.9 Å². The second-order valence-electron chi connectivity index (χ2n) is 6.59. The molecule has 0 spiro atoms. The summed E-state index contributed by atoms with van der Waals surface area (Å²) in [5.74, 6) is 0.687. The fourth-order valence-electron chi connectivity index (χ4n) is 3.26. The Labute approximate surface area is 132 Å². The van der Waals surface area contributed by atoms with Crippen LogP contribution in [-0.2, 0) is 13.5 Å². The summed E-state index contributed by atoms with van der Waals surface area (Å²) >= 11 is 0. The molecular formula is C17H25N5. The molecular weight excluding hydrogens is 274 g/mol. The first-order valence-electron chi connectivity index (χ1n) is 8.15. The molecule has 0 radical (unpaired) electrons. The Bertz CT molecular complexity index is 619. The Morgan fingerprint density at radius 3 is 2.82 bits per heavy atom. The summed E-state index contributed by atoms with van der Waals surface area (Å²) < 4.78 is 1.98. The summed E-state index contributed by atoms with van der Waals surface area (Å²) in [5.41, 5.74) is 3.02. The first kappa shape index (κ1) is 15.2. The number of nitrogens with zero attached hydrogens (tertiary/aromatic N) is 5. The van der Waals surface area contributed by atoms with Crippen molar-refractivity contribution in [1.82, 2.24) is 24.4 Å². The average Bonchev–Trinajstić information content (AvgIpc) is 2.94. The highest BCUT2D eigenvalue weighted by atomic mass is 15.2. The van der Waals surface area contributed by atoms with Gasteiger partial charge in [0, 0.05) is 25.8 Å². The Morgan fingerprint density at radius 2 is 2.09 bits per heavy atom. The number of likely N-dealkylation sites (tertiary alicyclic amines) is 1. The molecule has 0 saturated carbocycles. The van der Waals surface area contributed by atoms with Crippen LogP contribution in [0.2, 0.25) is 0 Å². The molecule has 0 amide bonds. The van der Waals surface area contributed by atoms with Gasteiger partial charge in [0.15, 0.2) is 0 Å². The molecule has 0 aromatic carbocycles. The van der Waals surface area contributed by atoms with E-state index in [4.69, 9.17) is 4.98 Å². The standard InChI is InChI=1S/C17H25N5/c1-13(2)22-6-4-5-14(11-22)7-15-8-18-9-16(20-15)17-10-19-12-21(17)3/h8-10,12-14H,4-7,11H2,1-3H3/t14-/m1/s1. The fraction of sp³-hybridized carbons (Fsp3) is 0.588. The largest absolute Gasteiger partial charge is 0.332 e. The molecule has 22 heavy (non-hydrogen) atoms. The van der Waals surface area contributed by atoms with Crippen LogP contribution in [0.15, 0.2) is 24.9 Å². The predicted octanol–water partition coefficient (Wildman–Crippen LogP) is 2.54. The Balaban J connectivity index is 1.72. The second kappa shape index (κ2) is 6.57. The Kier molecular flexibility index (Phi) is 4.52. The number of hydrogen-bond donors (Lipinski definition) is 0. The minimum Gasteiger partial charge on any atom is -0.332 e. The van der Waals surface area contributed by atoms with Gasteiger partial charge in [-0.25, -0.2) is 9.97 Å². The third-order valence-corrected chi connectivity index (χ3v) is 4.54. The van der Waals surface area contributed by atoms with Crippen molar-refractivity contribution in [2.24, 2.45) is 13.0 Å². The lowest BCUT2D eigenvalue weighted by Gasteiger charge is -2.35. The van der Waals surface area contributed by atoms with E-state index in [9.17, 15) is 0 Å². The van der Waals surface area contributed by atoms with Gasteiger partial charge >= 0.3 is 0 Å². The maximum Gasteiger partial charge on any atom is 0.107 e. The molecule has 1 aliphatic heterocycles. The van der Waals surface area contributed by atoms with Crippen LogP contribution in [0.3, 0.4) is 0 Å². The highest BCUT2D eigenvalue weighted by Crippen LogP contribution is 2.22. The van der Waals surface area contributed by atoms with Crippen LogP contribution < -0.4 is 0 Å². The third-order valence-electron chi connectivity index (χ3n) is 4.54. The van der Waals surface area contributed by atoms with Gasteiger partial charge < -0.3 is 9.47 Å². The smallest absolute Gasteiger partial charge is 0.107 e. The number of hydrogen-bond acceptors (Lipinski definition) is 4. The molecule has 0 bridgehead atoms. The van der Waals surface area contributed by atoms with Crippen LogP contribution in [0, 0.1) is 5.92 Å². The monoisotopic (exact) mass is 299 g/mol. The summed E-state index contributed by atoms with van der Waals surface area (Å²) in [7, 11) is 1.98. The Hall–Kier alpha value is -1.75. The van der Waals surface area contributed by atoms with Crippen LogP contribution in [0.4, 0.5) is 0 Å². The normalized spacial score (nSPS) is 19.7. The summed E-state index contributed by atoms with van der Waals surface area (Å²) in [4.78, 5) is 15.9. The zero-order valence-electron chi connectivity index (χ0n) is 13.7. The minimum atomic E-state index is 0.634. The maximum atomic E-state index is 4.80. The minimum absolute atomic E-state index is 0.634. The van der Waals surface area contributed by atoms with Gasteiger partial charge in [-0.05, 0) is 45.6 Å². The van der Waals surface area contributed by atoms with Gasteiger partial charge in [0.1, 0.15) is 5.69 Å². The van der Waals surface area contributed by atoms with E-state index in [2.05, 4.69) is 28.7 Å². The number of rotatable bonds is 4. The van der Waals surface area contributed by atoms with E-state index in [1.54, 1.807) is 6.33 Å². The molecule has 3 heterocycles. The number of imidazole rings is 1. The van der Waals surface area contributed by atoms with Crippen LogP contribution in [0.5, 0.6) is 0 Å². The fourth-order valence-corrected chi connectivity index (χ4v) is 3.26. The maximum absolute atomic E-state index is 4.80. The zero-order chi connectivity index (χ0) is 15.5. The van der Waals surface area contributed by atoms with Gasteiger partial charge in [-0.15, -0.1) is 0 Å². The molecule has 1 saturated heterocycles. The van der Waals surface area contributed by atoms with Crippen molar-refractivity contribution in [2.75, 3.05) is 13.1 Å². The highest BCUT2D eigenvalue weighted by Gasteiger charge is 2.22. The van der Waals surface area contributed by atoms with Crippen LogP contribution in [0.1, 0.15) is 32.4 Å². The van der Waals surface area contributed by atoms with Crippen molar-refractivity contribution in [3.05, 3.63) is 30.6 Å². The molecule has 5 nitrogen and oxygen atoms in total. The van der Waals surface area contributed by atoms with Gasteiger partial charge in [-0.3, -0.25) is 4.98 Å². The lowest BCUT2D eigenvalue weighted by molar-refractivity contribution is 0.139. The first-order valence-corrected chi connectivity index (χ1v) is 8.15. The van der Waals surface area contributed by atoms with E-state index < -0.39 is 0 Å². The zero-order valence-corrected chi connectivity index (χ0v) is 13.7. The van der Waals surface area contributed by atoms with Gasteiger partial charge in [0.2, 0.25) is 0 Å². The van der Waals surface area contributed by atoms with Crippen LogP contribution in [0.25, 0.3) is 11.4 Å². The van der Waals surface area contributed by atoms with Crippen LogP contribution in [-0.4, -0.2) is 43.6 Å². The molecule has 2 aromatic heterocycles. The SMILES string of the molecule is CC(C)N1CCC[C@H](Cc2cncc(-c3cncn3C)n2)C1. The lowest BCUT2D eigenvalue weighted by Crippen LogP contribution is -2.40. The topological polar surface area (TPSA) is 46.8 Å². The quantitative estimate of drug-likeness (QED) is 0.870. The molecule has 118 valence electrons. The van der Waals surface area contributed by atoms with Crippen molar-refractivity contribution < 1.29 is 0 Å². The molecule has 0 unspecified atom stereocenters. The van der Waals surface area contributed by atoms with Crippen molar-refractivity contribution in [1.29, 1.82) is 0 Å². The molecule has 1 fully saturated rings. The summed E-state index contributed by atoms with van der Waals surface area (Å²) in [6.45, 7) is 6.97. The summed E-state index contributed by atoms with van der Waals surface area (Å²) in [6.07, 6.45) is 11.0. The average molecular weight is 299 g/mol. The van der Waals surface area contributed by atoms with Gasteiger partial charge in [0.25, 0.3) is 0 Å². The summed E-state index contributed by atoms with van der Waals surface area (Å²) in [6, 6.07) is 0.634. The number of piperidine rings is 1. The van der Waals surface area contributed by atoms with E-state index >= 15 is 0 Å². The second-order valence-corrected chi connectivity index (χ2v) is 6.59. The number of aromatic nitrogens is 4.